The van der Waals surface area contributed by atoms with Crippen molar-refractivity contribution in [3.63, 3.8) is 0 Å². The van der Waals surface area contributed by atoms with Gasteiger partial charge in [0.15, 0.2) is 0 Å². The number of nitro benzene ring substituents is 1. The zero-order valence-corrected chi connectivity index (χ0v) is 31.9. The van der Waals surface area contributed by atoms with Gasteiger partial charge in [-0.3, -0.25) is 10.1 Å². The molecule has 0 bridgehead atoms. The fraction of sp³-hybridized carbons (Fsp3) is 0.0217. The molecule has 11 heteroatoms. The molecule has 280 valence electrons. The average molecular weight is 790 g/mol. The van der Waals surface area contributed by atoms with Crippen molar-refractivity contribution in [2.75, 3.05) is 0 Å². The number of nitrogens with zero attached hydrogens (tertiary/aromatic N) is 3. The van der Waals surface area contributed by atoms with Crippen molar-refractivity contribution >= 4 is 66.7 Å². The number of hydrogen-bond donors (Lipinski definition) is 0. The zero-order valence-electron chi connectivity index (χ0n) is 30.2. The Bertz CT molecular complexity index is 2750. The maximum Gasteiger partial charge on any atom is 0.269 e. The number of aromatic nitrogens is 2. The van der Waals surface area contributed by atoms with E-state index in [2.05, 4.69) is 168 Å². The third-order valence-corrected chi connectivity index (χ3v) is 14.4. The van der Waals surface area contributed by atoms with Crippen molar-refractivity contribution in [3.8, 4) is 11.4 Å². The number of benzene rings is 8. The summed E-state index contributed by atoms with van der Waals surface area (Å²) in [7, 11) is -7.44. The van der Waals surface area contributed by atoms with Gasteiger partial charge in [0.2, 0.25) is 0 Å². The Morgan fingerprint density at radius 2 is 0.947 bits per heavy atom. The van der Waals surface area contributed by atoms with Gasteiger partial charge in [-0.05, 0) is 64.9 Å². The minimum Gasteiger partial charge on any atom is -0.319 e. The van der Waals surface area contributed by atoms with E-state index in [4.69, 9.17) is 23.6 Å². The monoisotopic (exact) mass is 789 g/mol. The van der Waals surface area contributed by atoms with Gasteiger partial charge in [0.1, 0.15) is 34.3 Å². The van der Waals surface area contributed by atoms with Gasteiger partial charge in [-0.25, -0.2) is 23.6 Å². The van der Waals surface area contributed by atoms with Crippen molar-refractivity contribution in [2.24, 2.45) is 0 Å². The van der Waals surface area contributed by atoms with E-state index < -0.39 is 17.5 Å². The van der Waals surface area contributed by atoms with Crippen LogP contribution in [0.5, 0.6) is 0 Å². The topological polar surface area (TPSA) is 153 Å². The van der Waals surface area contributed by atoms with Gasteiger partial charge >= 0.3 is 0 Å². The zero-order chi connectivity index (χ0) is 39.6. The Hall–Kier alpha value is -6.29. The molecular formula is C46H33ClN3O6P. The van der Waals surface area contributed by atoms with E-state index in [0.29, 0.717) is 6.54 Å². The highest BCUT2D eigenvalue weighted by Crippen LogP contribution is 2.56. The summed E-state index contributed by atoms with van der Waals surface area (Å²) in [6.07, 6.45) is 0. The molecule has 57 heavy (non-hydrogen) atoms. The molecule has 0 saturated heterocycles. The molecule has 9 rings (SSSR count). The first-order valence-electron chi connectivity index (χ1n) is 18.0. The summed E-state index contributed by atoms with van der Waals surface area (Å²) in [6.45, 7) is 0.480. The van der Waals surface area contributed by atoms with Gasteiger partial charge in [0, 0.05) is 29.4 Å². The molecule has 8 aromatic carbocycles. The molecule has 9 nitrogen and oxygen atoms in total. The summed E-state index contributed by atoms with van der Waals surface area (Å²) in [5.74, 6) is 0.859. The molecule has 0 aliphatic heterocycles. The molecule has 1 aromatic heterocycles. The van der Waals surface area contributed by atoms with Gasteiger partial charge in [-0.1, -0.05) is 127 Å². The average Bonchev–Trinajstić information content (AvgIpc) is 3.61. The van der Waals surface area contributed by atoms with Gasteiger partial charge in [-0.2, -0.15) is 0 Å². The predicted molar refractivity (Wildman–Crippen MR) is 217 cm³/mol. The molecule has 0 aliphatic carbocycles. The fourth-order valence-corrected chi connectivity index (χ4v) is 12.2. The Morgan fingerprint density at radius 3 is 1.46 bits per heavy atom. The number of rotatable bonds is 8. The van der Waals surface area contributed by atoms with E-state index in [9.17, 15) is 10.1 Å². The minimum absolute atomic E-state index is 0.0735. The Kier molecular flexibility index (Phi) is 10.4. The number of hydrogen-bond acceptors (Lipinski definition) is 7. The fourth-order valence-electron chi connectivity index (χ4n) is 7.80. The second-order valence-corrected chi connectivity index (χ2v) is 17.4. The van der Waals surface area contributed by atoms with Gasteiger partial charge in [-0.15, -0.1) is 10.2 Å². The summed E-state index contributed by atoms with van der Waals surface area (Å²) in [4.78, 5) is 16.9. The number of nitro groups is 1. The third kappa shape index (κ3) is 7.28. The molecule has 0 fully saturated rings. The van der Waals surface area contributed by atoms with Gasteiger partial charge in [0.05, 0.1) is 21.5 Å². The minimum atomic E-state index is -4.94. The first-order valence-corrected chi connectivity index (χ1v) is 21.0. The Balaban J connectivity index is 0.000000859. The molecule has 0 amide bonds. The van der Waals surface area contributed by atoms with Crippen LogP contribution in [-0.2, 0) is 6.54 Å². The van der Waals surface area contributed by atoms with Crippen molar-refractivity contribution in [1.82, 2.24) is 9.55 Å². The smallest absolute Gasteiger partial charge is 0.269 e. The van der Waals surface area contributed by atoms with E-state index >= 15 is 0 Å². The molecule has 0 atom stereocenters. The lowest BCUT2D eigenvalue weighted by Gasteiger charge is -2.29. The second-order valence-electron chi connectivity index (χ2n) is 13.3. The van der Waals surface area contributed by atoms with Crippen LogP contribution in [-0.4, -0.2) is 14.5 Å². The quantitative estimate of drug-likeness (QED) is 0.0926. The van der Waals surface area contributed by atoms with Crippen molar-refractivity contribution in [1.29, 1.82) is 0 Å². The normalized spacial score (nSPS) is 11.7. The molecule has 0 unspecified atom stereocenters. The van der Waals surface area contributed by atoms with Crippen molar-refractivity contribution < 1.29 is 33.8 Å². The molecular weight excluding hydrogens is 757 g/mol. The molecule has 0 aliphatic rings. The van der Waals surface area contributed by atoms with E-state index in [-0.39, 0.29) is 10.6 Å². The molecule has 9 aromatic rings. The summed E-state index contributed by atoms with van der Waals surface area (Å²) < 4.78 is 36.3. The SMILES string of the molecule is O=[N+]([O-])c1ccc(Cn2c(-c3ccccc3[P+](c3ccccc3)(c3ccccc3)c3ccccc3)nc3c4ccccc4c4ccccc4c32)cc1.[O-][Cl+3]([O-])([O-])[O-]. The standard InChI is InChI=1S/C46H33N3O2P.ClHO4/c50-49(51)34-30-28-33(29-31-34)32-48-45-41-25-13-11-23-39(41)38-22-10-12-24-40(38)44(45)47-46(48)42-26-14-15-27-43(42)52(35-16-4-1-5-17-35,36-18-6-2-7-19-36)37-20-8-3-9-21-37;2-1(3,4)5/h1-31H,32H2;(H,2,3,4,5)/q+1;/p-1. The first kappa shape index (κ1) is 37.6. The van der Waals surface area contributed by atoms with E-state index in [1.807, 2.05) is 12.1 Å². The molecule has 0 N–H and O–H groups in total. The van der Waals surface area contributed by atoms with Crippen molar-refractivity contribution in [2.45, 2.75) is 6.54 Å². The van der Waals surface area contributed by atoms with Crippen LogP contribution in [0.3, 0.4) is 0 Å². The van der Waals surface area contributed by atoms with Crippen LogP contribution in [0.25, 0.3) is 44.0 Å². The molecule has 1 heterocycles. The summed E-state index contributed by atoms with van der Waals surface area (Å²) in [5, 5.41) is 21.1. The largest absolute Gasteiger partial charge is 0.319 e. The molecule has 0 spiro atoms. The Morgan fingerprint density at radius 1 is 0.526 bits per heavy atom. The van der Waals surface area contributed by atoms with Crippen LogP contribution >= 0.6 is 7.26 Å². The van der Waals surface area contributed by atoms with Crippen LogP contribution < -0.4 is 39.9 Å². The predicted octanol–water partition coefficient (Wildman–Crippen LogP) is 4.83. The number of halogens is 1. The lowest BCUT2D eigenvalue weighted by Crippen LogP contribution is -2.68. The van der Waals surface area contributed by atoms with Crippen LogP contribution in [0.15, 0.2) is 188 Å². The van der Waals surface area contributed by atoms with Crippen LogP contribution in [0.4, 0.5) is 5.69 Å². The highest BCUT2D eigenvalue weighted by Gasteiger charge is 2.49. The summed E-state index contributed by atoms with van der Waals surface area (Å²) in [5.41, 5.74) is 4.06. The summed E-state index contributed by atoms with van der Waals surface area (Å²) >= 11 is 0. The lowest BCUT2D eigenvalue weighted by molar-refractivity contribution is -2.00. The number of imidazole rings is 1. The van der Waals surface area contributed by atoms with Gasteiger partial charge < -0.3 is 4.57 Å². The Labute approximate surface area is 330 Å². The van der Waals surface area contributed by atoms with Crippen LogP contribution in [0, 0.1) is 20.4 Å². The van der Waals surface area contributed by atoms with E-state index in [1.165, 1.54) is 21.2 Å². The lowest BCUT2D eigenvalue weighted by atomic mass is 10.00. The highest BCUT2D eigenvalue weighted by molar-refractivity contribution is 8.01. The number of non-ortho nitro benzene ring substituents is 1. The first-order chi connectivity index (χ1) is 27.6. The maximum absolute atomic E-state index is 11.6. The summed E-state index contributed by atoms with van der Waals surface area (Å²) in [6, 6.07) is 65.4. The highest BCUT2D eigenvalue weighted by atomic mass is 35.7. The van der Waals surface area contributed by atoms with Crippen LogP contribution in [0.1, 0.15) is 5.56 Å². The van der Waals surface area contributed by atoms with Gasteiger partial charge in [0.25, 0.3) is 5.69 Å². The number of fused-ring (bicyclic) bond motifs is 6. The van der Waals surface area contributed by atoms with E-state index in [0.717, 1.165) is 49.5 Å². The maximum atomic E-state index is 11.6. The van der Waals surface area contributed by atoms with Crippen LogP contribution in [0.2, 0.25) is 0 Å². The molecule has 0 radical (unpaired) electrons. The third-order valence-electron chi connectivity index (χ3n) is 10.0. The second kappa shape index (κ2) is 15.7. The molecule has 0 saturated carbocycles. The van der Waals surface area contributed by atoms with E-state index in [1.54, 1.807) is 12.1 Å². The van der Waals surface area contributed by atoms with Crippen molar-refractivity contribution in [3.05, 3.63) is 204 Å².